The second kappa shape index (κ2) is 6.80. The molecule has 0 spiro atoms. The maximum atomic E-state index is 5.87. The monoisotopic (exact) mass is 248 g/mol. The largest absolute Gasteiger partial charge is 0.395 e. The first kappa shape index (κ1) is 15.3. The smallest absolute Gasteiger partial charge is 0.330 e. The summed E-state index contributed by atoms with van der Waals surface area (Å²) in [4.78, 5) is 3.39. The molecule has 5 heteroatoms. The normalized spacial score (nSPS) is 15.0. The molecule has 1 unspecified atom stereocenters. The minimum atomic E-state index is -1.36. The molecule has 0 rings (SSSR count). The zero-order valence-corrected chi connectivity index (χ0v) is 13.6. The van der Waals surface area contributed by atoms with Crippen LogP contribution in [0.3, 0.4) is 0 Å². The van der Waals surface area contributed by atoms with Gasteiger partial charge in [0.05, 0.1) is 0 Å². The Morgan fingerprint density at radius 1 is 1.33 bits per heavy atom. The summed E-state index contributed by atoms with van der Waals surface area (Å²) >= 11 is 0. The first-order valence-electron chi connectivity index (χ1n) is 5.88. The van der Waals surface area contributed by atoms with Crippen LogP contribution in [0.1, 0.15) is 20.8 Å². The molecule has 0 aromatic carbocycles. The van der Waals surface area contributed by atoms with E-state index in [0.717, 1.165) is 13.2 Å². The minimum Gasteiger partial charge on any atom is -0.395 e. The lowest BCUT2D eigenvalue weighted by atomic mass is 10.2. The molecule has 0 aromatic heterocycles. The highest BCUT2D eigenvalue weighted by atomic mass is 28.4. The third kappa shape index (κ3) is 5.82. The first-order chi connectivity index (χ1) is 6.82. The van der Waals surface area contributed by atoms with Crippen molar-refractivity contribution in [3.05, 3.63) is 0 Å². The molecule has 3 nitrogen and oxygen atoms in total. The van der Waals surface area contributed by atoms with Crippen molar-refractivity contribution in [2.75, 3.05) is 20.2 Å². The fourth-order valence-electron chi connectivity index (χ4n) is 1.60. The molecule has 0 aromatic rings. The lowest BCUT2D eigenvalue weighted by Crippen LogP contribution is -2.62. The van der Waals surface area contributed by atoms with Gasteiger partial charge in [-0.15, -0.1) is 0 Å². The molecule has 15 heavy (non-hydrogen) atoms. The van der Waals surface area contributed by atoms with Crippen molar-refractivity contribution in [1.29, 1.82) is 0 Å². The van der Waals surface area contributed by atoms with Crippen LogP contribution in [-0.2, 0) is 4.43 Å². The maximum absolute atomic E-state index is 5.87. The van der Waals surface area contributed by atoms with Crippen molar-refractivity contribution in [2.24, 2.45) is 5.92 Å². The van der Waals surface area contributed by atoms with Gasteiger partial charge in [0.25, 0.3) is 0 Å². The zero-order chi connectivity index (χ0) is 12.1. The van der Waals surface area contributed by atoms with Gasteiger partial charge in [-0.05, 0) is 26.4 Å². The van der Waals surface area contributed by atoms with Crippen molar-refractivity contribution in [2.45, 2.75) is 40.4 Å². The summed E-state index contributed by atoms with van der Waals surface area (Å²) in [7, 11) is -0.599. The zero-order valence-electron chi connectivity index (χ0n) is 11.4. The molecule has 0 radical (unpaired) electrons. The third-order valence-corrected chi connectivity index (χ3v) is 9.13. The Bertz CT molecular complexity index is 171. The Labute approximate surface area is 98.2 Å². The van der Waals surface area contributed by atoms with E-state index in [0.29, 0.717) is 5.92 Å². The molecule has 1 N–H and O–H groups in total. The van der Waals surface area contributed by atoms with Gasteiger partial charge in [-0.3, -0.25) is 0 Å². The average Bonchev–Trinajstić information content (AvgIpc) is 2.09. The first-order valence-corrected chi connectivity index (χ1v) is 10.9. The molecule has 92 valence electrons. The van der Waals surface area contributed by atoms with Gasteiger partial charge in [0, 0.05) is 6.61 Å². The lowest BCUT2D eigenvalue weighted by molar-refractivity contribution is 0.292. The molecule has 0 saturated heterocycles. The van der Waals surface area contributed by atoms with E-state index in [1.54, 1.807) is 0 Å². The number of nitrogens with zero attached hydrogens (tertiary/aromatic N) is 1. The van der Waals surface area contributed by atoms with Crippen molar-refractivity contribution in [3.8, 4) is 0 Å². The van der Waals surface area contributed by atoms with Crippen LogP contribution in [0.2, 0.25) is 19.6 Å². The fraction of sp³-hybridized carbons (Fsp3) is 1.00. The molecule has 0 fully saturated rings. The van der Waals surface area contributed by atoms with E-state index in [-0.39, 0.29) is 0 Å². The van der Waals surface area contributed by atoms with Crippen LogP contribution in [-0.4, -0.2) is 42.0 Å². The number of rotatable bonds is 7. The molecular formula is C10H28N2OSi2. The van der Waals surface area contributed by atoms with E-state index >= 15 is 0 Å². The fourth-order valence-corrected chi connectivity index (χ4v) is 7.53. The Hall–Kier alpha value is 0.314. The molecule has 1 atom stereocenters. The summed E-state index contributed by atoms with van der Waals surface area (Å²) in [5, 5.41) is 0. The average molecular weight is 249 g/mol. The Balaban J connectivity index is 4.58. The second-order valence-corrected chi connectivity index (χ2v) is 13.0. The van der Waals surface area contributed by atoms with Gasteiger partial charge in [0.1, 0.15) is 8.24 Å². The van der Waals surface area contributed by atoms with Crippen LogP contribution in [0.5, 0.6) is 0 Å². The highest BCUT2D eigenvalue weighted by Crippen LogP contribution is 2.13. The molecule has 0 aliphatic rings. The van der Waals surface area contributed by atoms with Gasteiger partial charge in [-0.1, -0.05) is 33.5 Å². The Morgan fingerprint density at radius 3 is 2.13 bits per heavy atom. The predicted molar refractivity (Wildman–Crippen MR) is 72.7 cm³/mol. The van der Waals surface area contributed by atoms with Crippen molar-refractivity contribution in [1.82, 2.24) is 9.21 Å². The SMILES string of the molecule is CCO[SiH](NC)N(CC(C)C)[Si](C)(C)C. The molecule has 0 bridgehead atoms. The van der Waals surface area contributed by atoms with Crippen LogP contribution in [0, 0.1) is 5.92 Å². The predicted octanol–water partition coefficient (Wildman–Crippen LogP) is 1.75. The summed E-state index contributed by atoms with van der Waals surface area (Å²) in [5.41, 5.74) is 0. The Kier molecular flexibility index (Phi) is 6.94. The number of nitrogens with one attached hydrogen (secondary N) is 1. The van der Waals surface area contributed by atoms with Crippen LogP contribution < -0.4 is 4.98 Å². The van der Waals surface area contributed by atoms with Crippen LogP contribution in [0.15, 0.2) is 0 Å². The molecule has 0 heterocycles. The van der Waals surface area contributed by atoms with E-state index in [1.165, 1.54) is 0 Å². The van der Waals surface area contributed by atoms with Gasteiger partial charge < -0.3 is 13.6 Å². The quantitative estimate of drug-likeness (QED) is 0.695. The van der Waals surface area contributed by atoms with Crippen molar-refractivity contribution in [3.63, 3.8) is 0 Å². The van der Waals surface area contributed by atoms with Crippen LogP contribution in [0.25, 0.3) is 0 Å². The summed E-state index contributed by atoms with van der Waals surface area (Å²) in [5.74, 6) is 0.709. The molecule has 0 aliphatic heterocycles. The topological polar surface area (TPSA) is 24.5 Å². The molecular weight excluding hydrogens is 220 g/mol. The Morgan fingerprint density at radius 2 is 1.87 bits per heavy atom. The summed E-state index contributed by atoms with van der Waals surface area (Å²) in [6.07, 6.45) is 0. The second-order valence-electron chi connectivity index (χ2n) is 5.31. The van der Waals surface area contributed by atoms with Crippen molar-refractivity contribution < 1.29 is 4.43 Å². The van der Waals surface area contributed by atoms with E-state index < -0.39 is 17.6 Å². The number of hydrogen-bond acceptors (Lipinski definition) is 3. The molecule has 0 amide bonds. The number of hydrogen-bond donors (Lipinski definition) is 1. The minimum absolute atomic E-state index is 0.709. The summed E-state index contributed by atoms with van der Waals surface area (Å²) in [6, 6.07) is 0. The highest BCUT2D eigenvalue weighted by molar-refractivity contribution is 6.81. The summed E-state index contributed by atoms with van der Waals surface area (Å²) in [6.45, 7) is 15.8. The van der Waals surface area contributed by atoms with E-state index in [4.69, 9.17) is 4.43 Å². The van der Waals surface area contributed by atoms with Gasteiger partial charge >= 0.3 is 9.36 Å². The van der Waals surface area contributed by atoms with E-state index in [1.807, 2.05) is 7.05 Å². The lowest BCUT2D eigenvalue weighted by Gasteiger charge is -2.39. The van der Waals surface area contributed by atoms with E-state index in [9.17, 15) is 0 Å². The van der Waals surface area contributed by atoms with Gasteiger partial charge in [-0.2, -0.15) is 0 Å². The highest BCUT2D eigenvalue weighted by Gasteiger charge is 2.32. The van der Waals surface area contributed by atoms with Gasteiger partial charge in [-0.25, -0.2) is 0 Å². The molecule has 0 saturated carbocycles. The maximum Gasteiger partial charge on any atom is 0.330 e. The third-order valence-electron chi connectivity index (χ3n) is 2.28. The van der Waals surface area contributed by atoms with Crippen LogP contribution in [0.4, 0.5) is 0 Å². The standard InChI is InChI=1S/C10H28N2OSi2/c1-8-13-14(11-4)12(9-10(2)3)15(5,6)7/h10-11,14H,8-9H2,1-7H3. The molecule has 0 aliphatic carbocycles. The van der Waals surface area contributed by atoms with Crippen molar-refractivity contribution >= 4 is 17.6 Å². The van der Waals surface area contributed by atoms with E-state index in [2.05, 4.69) is 49.6 Å². The van der Waals surface area contributed by atoms with Crippen LogP contribution >= 0.6 is 0 Å². The summed E-state index contributed by atoms with van der Waals surface area (Å²) < 4.78 is 8.51. The van der Waals surface area contributed by atoms with Gasteiger partial charge in [0.2, 0.25) is 0 Å². The van der Waals surface area contributed by atoms with Gasteiger partial charge in [0.15, 0.2) is 0 Å².